The SMILES string of the molecule is Cc1cc2cc(-c3sc4ccnc(-c5cc(C(C)(C)C)c6ccccc6c5)c4c3C)ccc2s1. The van der Waals surface area contributed by atoms with Gasteiger partial charge >= 0.3 is 0 Å². The zero-order valence-electron chi connectivity index (χ0n) is 20.2. The van der Waals surface area contributed by atoms with Crippen molar-refractivity contribution in [3.8, 4) is 21.7 Å². The molecule has 3 heteroatoms. The second kappa shape index (κ2) is 7.76. The number of aryl methyl sites for hydroxylation is 2. The average molecular weight is 478 g/mol. The number of rotatable bonds is 2. The maximum Gasteiger partial charge on any atom is 0.0791 e. The van der Waals surface area contributed by atoms with Crippen LogP contribution in [0, 0.1) is 13.8 Å². The Morgan fingerprint density at radius 3 is 2.35 bits per heavy atom. The van der Waals surface area contributed by atoms with Crippen LogP contribution in [0.15, 0.2) is 72.9 Å². The number of hydrogen-bond donors (Lipinski definition) is 0. The molecule has 0 bridgehead atoms. The van der Waals surface area contributed by atoms with Crippen molar-refractivity contribution < 1.29 is 0 Å². The molecule has 0 unspecified atom stereocenters. The molecule has 0 amide bonds. The Labute approximate surface area is 208 Å². The van der Waals surface area contributed by atoms with Gasteiger partial charge in [-0.1, -0.05) is 51.1 Å². The first-order valence-corrected chi connectivity index (χ1v) is 13.4. The van der Waals surface area contributed by atoms with Crippen molar-refractivity contribution in [2.75, 3.05) is 0 Å². The predicted molar refractivity (Wildman–Crippen MR) is 152 cm³/mol. The lowest BCUT2D eigenvalue weighted by atomic mass is 9.82. The molecule has 0 fully saturated rings. The van der Waals surface area contributed by atoms with Crippen LogP contribution in [-0.2, 0) is 5.41 Å². The van der Waals surface area contributed by atoms with E-state index in [2.05, 4.69) is 101 Å². The summed E-state index contributed by atoms with van der Waals surface area (Å²) in [6, 6.07) is 24.7. The van der Waals surface area contributed by atoms with Gasteiger partial charge in [0.15, 0.2) is 0 Å². The van der Waals surface area contributed by atoms with E-state index in [9.17, 15) is 0 Å². The molecule has 6 rings (SSSR count). The summed E-state index contributed by atoms with van der Waals surface area (Å²) < 4.78 is 2.65. The third-order valence-corrected chi connectivity index (χ3v) is 9.02. The summed E-state index contributed by atoms with van der Waals surface area (Å²) in [4.78, 5) is 7.64. The largest absolute Gasteiger partial charge is 0.256 e. The average Bonchev–Trinajstić information content (AvgIpc) is 3.36. The molecule has 0 saturated carbocycles. The monoisotopic (exact) mass is 477 g/mol. The molecule has 3 aromatic carbocycles. The van der Waals surface area contributed by atoms with Gasteiger partial charge in [0.2, 0.25) is 0 Å². The van der Waals surface area contributed by atoms with E-state index in [0.717, 1.165) is 5.69 Å². The van der Waals surface area contributed by atoms with Gasteiger partial charge in [0.25, 0.3) is 0 Å². The Hall–Kier alpha value is -3.01. The Balaban J connectivity index is 1.59. The van der Waals surface area contributed by atoms with Crippen molar-refractivity contribution in [2.45, 2.75) is 40.0 Å². The van der Waals surface area contributed by atoms with E-state index >= 15 is 0 Å². The number of pyridine rings is 1. The highest BCUT2D eigenvalue weighted by Gasteiger charge is 2.21. The Bertz CT molecular complexity index is 1710. The van der Waals surface area contributed by atoms with Crippen LogP contribution in [0.3, 0.4) is 0 Å². The van der Waals surface area contributed by atoms with E-state index in [4.69, 9.17) is 4.98 Å². The molecule has 0 aliphatic carbocycles. The number of benzene rings is 3. The van der Waals surface area contributed by atoms with Crippen LogP contribution in [-0.4, -0.2) is 4.98 Å². The molecule has 0 atom stereocenters. The van der Waals surface area contributed by atoms with Crippen molar-refractivity contribution in [3.63, 3.8) is 0 Å². The number of aromatic nitrogens is 1. The topological polar surface area (TPSA) is 12.9 Å². The second-order valence-electron chi connectivity index (χ2n) is 10.2. The molecular formula is C31H27NS2. The summed E-state index contributed by atoms with van der Waals surface area (Å²) in [5.41, 5.74) is 6.31. The first-order valence-electron chi connectivity index (χ1n) is 11.7. The highest BCUT2D eigenvalue weighted by atomic mass is 32.1. The van der Waals surface area contributed by atoms with Gasteiger partial charge in [-0.3, -0.25) is 4.98 Å². The summed E-state index contributed by atoms with van der Waals surface area (Å²) >= 11 is 3.74. The fourth-order valence-electron chi connectivity index (χ4n) is 5.07. The van der Waals surface area contributed by atoms with Crippen LogP contribution < -0.4 is 0 Å². The normalized spacial score (nSPS) is 12.3. The molecule has 6 aromatic rings. The number of nitrogens with zero attached hydrogens (tertiary/aromatic N) is 1. The quantitative estimate of drug-likeness (QED) is 0.242. The van der Waals surface area contributed by atoms with Gasteiger partial charge < -0.3 is 0 Å². The lowest BCUT2D eigenvalue weighted by molar-refractivity contribution is 0.596. The summed E-state index contributed by atoms with van der Waals surface area (Å²) in [5.74, 6) is 0. The van der Waals surface area contributed by atoms with Crippen molar-refractivity contribution in [1.29, 1.82) is 0 Å². The molecule has 0 aliphatic rings. The van der Waals surface area contributed by atoms with Crippen molar-refractivity contribution in [2.24, 2.45) is 0 Å². The molecule has 0 spiro atoms. The maximum atomic E-state index is 4.94. The van der Waals surface area contributed by atoms with Gasteiger partial charge in [-0.2, -0.15) is 0 Å². The Morgan fingerprint density at radius 1 is 0.735 bits per heavy atom. The zero-order chi connectivity index (χ0) is 23.6. The van der Waals surface area contributed by atoms with Gasteiger partial charge in [0, 0.05) is 36.3 Å². The summed E-state index contributed by atoms with van der Waals surface area (Å²) in [6.45, 7) is 11.3. The van der Waals surface area contributed by atoms with Crippen molar-refractivity contribution in [1.82, 2.24) is 4.98 Å². The first kappa shape index (κ1) is 21.5. The van der Waals surface area contributed by atoms with E-state index in [1.54, 1.807) is 0 Å². The van der Waals surface area contributed by atoms with Gasteiger partial charge in [-0.15, -0.1) is 22.7 Å². The van der Waals surface area contributed by atoms with Gasteiger partial charge in [-0.25, -0.2) is 0 Å². The van der Waals surface area contributed by atoms with E-state index < -0.39 is 0 Å². The highest BCUT2D eigenvalue weighted by molar-refractivity contribution is 7.22. The number of hydrogen-bond acceptors (Lipinski definition) is 3. The molecule has 1 nitrogen and oxygen atoms in total. The Kier molecular flexibility index (Phi) is 4.91. The lowest BCUT2D eigenvalue weighted by Crippen LogP contribution is -2.12. The van der Waals surface area contributed by atoms with Crippen LogP contribution in [0.2, 0.25) is 0 Å². The van der Waals surface area contributed by atoms with E-state index in [1.807, 2.05) is 28.9 Å². The van der Waals surface area contributed by atoms with Gasteiger partial charge in [-0.05, 0) is 88.5 Å². The van der Waals surface area contributed by atoms with Crippen molar-refractivity contribution >= 4 is 53.6 Å². The van der Waals surface area contributed by atoms with Crippen LogP contribution in [0.25, 0.3) is 52.6 Å². The Morgan fingerprint density at radius 2 is 1.53 bits per heavy atom. The molecular weight excluding hydrogens is 450 g/mol. The van der Waals surface area contributed by atoms with Crippen LogP contribution in [0.1, 0.15) is 36.8 Å². The van der Waals surface area contributed by atoms with Crippen LogP contribution in [0.4, 0.5) is 0 Å². The molecule has 3 heterocycles. The molecule has 0 saturated heterocycles. The minimum absolute atomic E-state index is 0.0481. The highest BCUT2D eigenvalue weighted by Crippen LogP contribution is 2.44. The third kappa shape index (κ3) is 3.46. The maximum absolute atomic E-state index is 4.94. The molecule has 0 N–H and O–H groups in total. The van der Waals surface area contributed by atoms with Gasteiger partial charge in [0.1, 0.15) is 0 Å². The number of fused-ring (bicyclic) bond motifs is 3. The molecule has 34 heavy (non-hydrogen) atoms. The van der Waals surface area contributed by atoms with Gasteiger partial charge in [0.05, 0.1) is 5.69 Å². The third-order valence-electron chi connectivity index (χ3n) is 6.69. The summed E-state index contributed by atoms with van der Waals surface area (Å²) in [5, 5.41) is 5.21. The fraction of sp³-hybridized carbons (Fsp3) is 0.194. The van der Waals surface area contributed by atoms with Crippen LogP contribution >= 0.6 is 22.7 Å². The van der Waals surface area contributed by atoms with E-state index in [0.29, 0.717) is 0 Å². The van der Waals surface area contributed by atoms with Crippen LogP contribution in [0.5, 0.6) is 0 Å². The second-order valence-corrected chi connectivity index (χ2v) is 12.5. The lowest BCUT2D eigenvalue weighted by Gasteiger charge is -2.23. The summed E-state index contributed by atoms with van der Waals surface area (Å²) in [7, 11) is 0. The number of thiophene rings is 2. The fourth-order valence-corrected chi connectivity index (χ4v) is 7.18. The zero-order valence-corrected chi connectivity index (χ0v) is 21.8. The standard InChI is InChI=1S/C31H27NS2/c1-18-14-22-16-21(10-11-26(22)33-18)30-19(2)28-27(34-30)12-13-32-29(28)23-15-20-8-6-7-9-24(20)25(17-23)31(3,4)5/h6-17H,1-5H3. The minimum atomic E-state index is 0.0481. The molecule has 0 radical (unpaired) electrons. The first-order chi connectivity index (χ1) is 16.3. The smallest absolute Gasteiger partial charge is 0.0791 e. The van der Waals surface area contributed by atoms with Crippen molar-refractivity contribution in [3.05, 3.63) is 88.9 Å². The molecule has 0 aliphatic heterocycles. The summed E-state index contributed by atoms with van der Waals surface area (Å²) in [6.07, 6.45) is 1.97. The minimum Gasteiger partial charge on any atom is -0.256 e. The van der Waals surface area contributed by atoms with E-state index in [-0.39, 0.29) is 5.41 Å². The molecule has 168 valence electrons. The van der Waals surface area contributed by atoms with E-state index in [1.165, 1.54) is 63.0 Å². The molecule has 3 aromatic heterocycles. The predicted octanol–water partition coefficient (Wildman–Crippen LogP) is 9.91.